The minimum Gasteiger partial charge on any atom is -0.497 e. The van der Waals surface area contributed by atoms with Crippen molar-refractivity contribution in [2.75, 3.05) is 13.7 Å². The normalized spacial score (nSPS) is 19.6. The second kappa shape index (κ2) is 7.60. The van der Waals surface area contributed by atoms with Crippen LogP contribution in [-0.4, -0.2) is 25.5 Å². The molecule has 0 amide bonds. The van der Waals surface area contributed by atoms with E-state index in [0.29, 0.717) is 23.3 Å². The maximum Gasteiger partial charge on any atom is 0.337 e. The molecule has 2 aliphatic rings. The molecule has 136 valence electrons. The average Bonchev–Trinajstić information content (AvgIpc) is 2.65. The monoisotopic (exact) mass is 353 g/mol. The molecule has 0 unspecified atom stereocenters. The fourth-order valence-electron chi connectivity index (χ4n) is 3.62. The summed E-state index contributed by atoms with van der Waals surface area (Å²) in [5.74, 6) is -0.130. The van der Waals surface area contributed by atoms with Crippen LogP contribution in [0.3, 0.4) is 0 Å². The molecule has 1 aromatic carbocycles. The maximum atomic E-state index is 12.8. The largest absolute Gasteiger partial charge is 0.497 e. The van der Waals surface area contributed by atoms with Crippen LogP contribution >= 0.6 is 0 Å². The van der Waals surface area contributed by atoms with Crippen molar-refractivity contribution in [2.24, 2.45) is 0 Å². The summed E-state index contributed by atoms with van der Waals surface area (Å²) in [6, 6.07) is 7.50. The van der Waals surface area contributed by atoms with Crippen LogP contribution in [0.15, 0.2) is 59.5 Å². The molecule has 0 radical (unpaired) electrons. The van der Waals surface area contributed by atoms with Crippen molar-refractivity contribution in [3.05, 3.63) is 65.0 Å². The SMILES string of the molecule is C=CCOC(=O)C1=C(C)NC2=C(C(=O)CCC2)[C@H]1c1cccc(OC)c1. The van der Waals surface area contributed by atoms with Crippen LogP contribution in [0.4, 0.5) is 0 Å². The quantitative estimate of drug-likeness (QED) is 0.649. The van der Waals surface area contributed by atoms with E-state index < -0.39 is 11.9 Å². The number of carbonyl (C=O) groups excluding carboxylic acids is 2. The van der Waals surface area contributed by atoms with Gasteiger partial charge in [0.1, 0.15) is 12.4 Å². The number of carbonyl (C=O) groups is 2. The van der Waals surface area contributed by atoms with Crippen LogP contribution in [0.2, 0.25) is 0 Å². The summed E-state index contributed by atoms with van der Waals surface area (Å²) in [6.45, 7) is 5.56. The van der Waals surface area contributed by atoms with Gasteiger partial charge in [0.25, 0.3) is 0 Å². The highest BCUT2D eigenvalue weighted by atomic mass is 16.5. The van der Waals surface area contributed by atoms with Gasteiger partial charge in [-0.05, 0) is 37.5 Å². The predicted molar refractivity (Wildman–Crippen MR) is 98.6 cm³/mol. The molecule has 0 fully saturated rings. The van der Waals surface area contributed by atoms with E-state index in [1.165, 1.54) is 6.08 Å². The lowest BCUT2D eigenvalue weighted by atomic mass is 9.75. The van der Waals surface area contributed by atoms with Gasteiger partial charge >= 0.3 is 5.97 Å². The molecule has 3 rings (SSSR count). The highest BCUT2D eigenvalue weighted by molar-refractivity contribution is 6.03. The molecule has 0 spiro atoms. The highest BCUT2D eigenvalue weighted by Crippen LogP contribution is 2.43. The summed E-state index contributed by atoms with van der Waals surface area (Å²) in [6.07, 6.45) is 3.64. The number of rotatable bonds is 5. The van der Waals surface area contributed by atoms with E-state index in [9.17, 15) is 9.59 Å². The van der Waals surface area contributed by atoms with E-state index in [2.05, 4.69) is 11.9 Å². The Morgan fingerprint density at radius 1 is 1.38 bits per heavy atom. The van der Waals surface area contributed by atoms with E-state index >= 15 is 0 Å². The number of hydrogen-bond acceptors (Lipinski definition) is 5. The van der Waals surface area contributed by atoms with Crippen LogP contribution in [-0.2, 0) is 14.3 Å². The Bertz CT molecular complexity index is 819. The number of Topliss-reactive ketones (excluding diaryl/α,β-unsaturated/α-hetero) is 1. The molecule has 0 bridgehead atoms. The first kappa shape index (κ1) is 18.0. The van der Waals surface area contributed by atoms with Gasteiger partial charge < -0.3 is 14.8 Å². The summed E-state index contributed by atoms with van der Waals surface area (Å²) in [7, 11) is 1.60. The zero-order valence-corrected chi connectivity index (χ0v) is 15.1. The molecular formula is C21H23NO4. The Labute approximate surface area is 153 Å². The molecular weight excluding hydrogens is 330 g/mol. The number of allylic oxidation sites excluding steroid dienone is 3. The first-order valence-electron chi connectivity index (χ1n) is 8.72. The predicted octanol–water partition coefficient (Wildman–Crippen LogP) is 3.39. The Kier molecular flexibility index (Phi) is 5.26. The topological polar surface area (TPSA) is 64.6 Å². The van der Waals surface area contributed by atoms with E-state index in [0.717, 1.165) is 29.8 Å². The zero-order valence-electron chi connectivity index (χ0n) is 15.1. The molecule has 1 N–H and O–H groups in total. The third kappa shape index (κ3) is 3.29. The van der Waals surface area contributed by atoms with Crippen LogP contribution in [0.25, 0.3) is 0 Å². The van der Waals surface area contributed by atoms with Gasteiger partial charge in [0.15, 0.2) is 5.78 Å². The summed E-state index contributed by atoms with van der Waals surface area (Å²) in [4.78, 5) is 25.5. The summed E-state index contributed by atoms with van der Waals surface area (Å²) in [5.41, 5.74) is 3.61. The van der Waals surface area contributed by atoms with Crippen molar-refractivity contribution in [1.82, 2.24) is 5.32 Å². The first-order chi connectivity index (χ1) is 12.6. The van der Waals surface area contributed by atoms with Gasteiger partial charge in [-0.1, -0.05) is 24.8 Å². The van der Waals surface area contributed by atoms with Crippen LogP contribution < -0.4 is 10.1 Å². The minimum absolute atomic E-state index is 0.0769. The third-order valence-corrected chi connectivity index (χ3v) is 4.76. The molecule has 5 nitrogen and oxygen atoms in total. The van der Waals surface area contributed by atoms with Gasteiger partial charge in [-0.25, -0.2) is 4.79 Å². The highest BCUT2D eigenvalue weighted by Gasteiger charge is 2.39. The molecule has 0 saturated carbocycles. The molecule has 0 aromatic heterocycles. The van der Waals surface area contributed by atoms with Crippen molar-refractivity contribution in [1.29, 1.82) is 0 Å². The van der Waals surface area contributed by atoms with Gasteiger partial charge in [0.2, 0.25) is 0 Å². The Hall–Kier alpha value is -2.82. The molecule has 1 atom stereocenters. The van der Waals surface area contributed by atoms with Gasteiger partial charge in [0.05, 0.1) is 12.7 Å². The molecule has 0 saturated heterocycles. The number of ether oxygens (including phenoxy) is 2. The summed E-state index contributed by atoms with van der Waals surface area (Å²) in [5, 5.41) is 3.26. The third-order valence-electron chi connectivity index (χ3n) is 4.76. The summed E-state index contributed by atoms with van der Waals surface area (Å²) >= 11 is 0. The van der Waals surface area contributed by atoms with Gasteiger partial charge in [-0.15, -0.1) is 0 Å². The number of esters is 1. The molecule has 5 heteroatoms. The van der Waals surface area contributed by atoms with Crippen molar-refractivity contribution < 1.29 is 19.1 Å². The van der Waals surface area contributed by atoms with Crippen LogP contribution in [0.1, 0.15) is 37.7 Å². The number of nitrogens with one attached hydrogen (secondary N) is 1. The second-order valence-corrected chi connectivity index (χ2v) is 6.43. The molecule has 26 heavy (non-hydrogen) atoms. The maximum absolute atomic E-state index is 12.8. The minimum atomic E-state index is -0.452. The molecule has 1 aliphatic heterocycles. The van der Waals surface area contributed by atoms with Crippen molar-refractivity contribution in [3.63, 3.8) is 0 Å². The van der Waals surface area contributed by atoms with Crippen LogP contribution in [0.5, 0.6) is 5.75 Å². The lowest BCUT2D eigenvalue weighted by molar-refractivity contribution is -0.138. The second-order valence-electron chi connectivity index (χ2n) is 6.43. The standard InChI is InChI=1S/C21H23NO4/c1-4-11-26-21(24)18-13(2)22-16-9-6-10-17(23)20(16)19(18)14-7-5-8-15(12-14)25-3/h4-5,7-8,12,19,22H,1,6,9-11H2,2-3H3/t19-/m0/s1. The first-order valence-corrected chi connectivity index (χ1v) is 8.72. The van der Waals surface area contributed by atoms with Gasteiger partial charge in [-0.2, -0.15) is 0 Å². The van der Waals surface area contributed by atoms with E-state index in [4.69, 9.17) is 9.47 Å². The zero-order chi connectivity index (χ0) is 18.7. The lowest BCUT2D eigenvalue weighted by Crippen LogP contribution is -2.34. The van der Waals surface area contributed by atoms with E-state index in [-0.39, 0.29) is 12.4 Å². The van der Waals surface area contributed by atoms with Crippen molar-refractivity contribution >= 4 is 11.8 Å². The Morgan fingerprint density at radius 2 is 2.19 bits per heavy atom. The molecule has 1 aliphatic carbocycles. The van der Waals surface area contributed by atoms with Crippen molar-refractivity contribution in [3.8, 4) is 5.75 Å². The van der Waals surface area contributed by atoms with Gasteiger partial charge in [-0.3, -0.25) is 4.79 Å². The van der Waals surface area contributed by atoms with Crippen LogP contribution in [0, 0.1) is 0 Å². The Balaban J connectivity index is 2.13. The number of methoxy groups -OCH3 is 1. The Morgan fingerprint density at radius 3 is 2.92 bits per heavy atom. The smallest absolute Gasteiger partial charge is 0.337 e. The summed E-state index contributed by atoms with van der Waals surface area (Å²) < 4.78 is 10.6. The fourth-order valence-corrected chi connectivity index (χ4v) is 3.62. The van der Waals surface area contributed by atoms with E-state index in [1.807, 2.05) is 31.2 Å². The molecule has 1 aromatic rings. The van der Waals surface area contributed by atoms with E-state index in [1.54, 1.807) is 7.11 Å². The van der Waals surface area contributed by atoms with Gasteiger partial charge in [0, 0.05) is 29.3 Å². The number of ketones is 1. The lowest BCUT2D eigenvalue weighted by Gasteiger charge is -2.34. The average molecular weight is 353 g/mol. The number of dihydropyridines is 1. The number of hydrogen-bond donors (Lipinski definition) is 1. The van der Waals surface area contributed by atoms with Crippen molar-refractivity contribution in [2.45, 2.75) is 32.1 Å². The number of benzene rings is 1. The molecule has 1 heterocycles. The fraction of sp³-hybridized carbons (Fsp3) is 0.333.